The fraction of sp³-hybridized carbons (Fsp3) is 0.818. The Balaban J connectivity index is 1.71. The molecule has 0 heterocycles. The lowest BCUT2D eigenvalue weighted by Gasteiger charge is -2.60. The van der Waals surface area contributed by atoms with Gasteiger partial charge in [-0.2, -0.15) is 0 Å². The summed E-state index contributed by atoms with van der Waals surface area (Å²) in [6, 6.07) is 0. The van der Waals surface area contributed by atoms with E-state index in [1.54, 1.807) is 0 Å². The fourth-order valence-electron chi connectivity index (χ4n) is 7.40. The lowest BCUT2D eigenvalue weighted by molar-refractivity contribution is -0.182. The molecule has 4 aliphatic carbocycles. The molecule has 27 heavy (non-hydrogen) atoms. The first-order valence-electron chi connectivity index (χ1n) is 10.3. The number of carbonyl (C=O) groups is 2. The molecule has 7 atom stereocenters. The summed E-state index contributed by atoms with van der Waals surface area (Å²) in [4.78, 5) is 24.7. The first-order valence-corrected chi connectivity index (χ1v) is 10.3. The van der Waals surface area contributed by atoms with Crippen molar-refractivity contribution in [2.45, 2.75) is 70.5 Å². The average molecular weight is 376 g/mol. The monoisotopic (exact) mass is 376 g/mol. The summed E-state index contributed by atoms with van der Waals surface area (Å²) >= 11 is 0. The SMILES string of the molecule is COCC(=O)C1(O)CCC2C3CCC4=CC(=O)CCC4(C)C3C(O)CC21C. The Bertz CT molecular complexity index is 699. The number of aliphatic hydroxyl groups excluding tert-OH is 1. The second kappa shape index (κ2) is 6.23. The standard InChI is InChI=1S/C22H32O5/c1-20-8-6-14(23)10-13(20)4-5-15-16-7-9-22(26,18(25)12-27-3)21(16,2)11-17(24)19(15)20/h10,15-17,19,24,26H,4-9,11-12H2,1-3H3. The van der Waals surface area contributed by atoms with Gasteiger partial charge in [0, 0.05) is 18.9 Å². The van der Waals surface area contributed by atoms with Crippen LogP contribution >= 0.6 is 0 Å². The van der Waals surface area contributed by atoms with Crippen molar-refractivity contribution >= 4 is 11.6 Å². The fourth-order valence-corrected chi connectivity index (χ4v) is 7.40. The molecular weight excluding hydrogens is 344 g/mol. The normalized spacial score (nSPS) is 49.1. The van der Waals surface area contributed by atoms with E-state index in [9.17, 15) is 19.8 Å². The molecule has 0 radical (unpaired) electrons. The highest BCUT2D eigenvalue weighted by molar-refractivity contribution is 5.91. The van der Waals surface area contributed by atoms with E-state index in [2.05, 4.69) is 6.92 Å². The minimum atomic E-state index is -1.42. The summed E-state index contributed by atoms with van der Waals surface area (Å²) < 4.78 is 5.02. The van der Waals surface area contributed by atoms with Crippen molar-refractivity contribution in [1.29, 1.82) is 0 Å². The number of allylic oxidation sites excluding steroid dienone is 1. The number of ketones is 2. The Morgan fingerprint density at radius 3 is 2.70 bits per heavy atom. The second-order valence-corrected chi connectivity index (χ2v) is 9.83. The molecule has 3 fully saturated rings. The van der Waals surface area contributed by atoms with Crippen LogP contribution in [0.3, 0.4) is 0 Å². The van der Waals surface area contributed by atoms with E-state index in [1.807, 2.05) is 13.0 Å². The molecule has 3 saturated carbocycles. The molecule has 0 aromatic heterocycles. The van der Waals surface area contributed by atoms with Crippen LogP contribution in [0.1, 0.15) is 58.8 Å². The number of ether oxygens (including phenoxy) is 1. The van der Waals surface area contributed by atoms with Gasteiger partial charge in [-0.15, -0.1) is 0 Å². The highest BCUT2D eigenvalue weighted by Crippen LogP contribution is 2.67. The lowest BCUT2D eigenvalue weighted by Crippen LogP contribution is -2.62. The van der Waals surface area contributed by atoms with Gasteiger partial charge in [-0.3, -0.25) is 9.59 Å². The number of rotatable bonds is 3. The molecule has 150 valence electrons. The Kier molecular flexibility index (Phi) is 4.45. The molecule has 5 heteroatoms. The van der Waals surface area contributed by atoms with Gasteiger partial charge in [-0.05, 0) is 67.8 Å². The van der Waals surface area contributed by atoms with Gasteiger partial charge in [-0.25, -0.2) is 0 Å². The maximum atomic E-state index is 12.7. The smallest absolute Gasteiger partial charge is 0.190 e. The predicted octanol–water partition coefficient (Wildman–Crippen LogP) is 2.44. The van der Waals surface area contributed by atoms with Crippen molar-refractivity contribution in [3.63, 3.8) is 0 Å². The van der Waals surface area contributed by atoms with Crippen LogP contribution in [-0.4, -0.2) is 47.2 Å². The van der Waals surface area contributed by atoms with Crippen LogP contribution in [0.25, 0.3) is 0 Å². The summed E-state index contributed by atoms with van der Waals surface area (Å²) in [5, 5.41) is 22.7. The van der Waals surface area contributed by atoms with Crippen LogP contribution in [0, 0.1) is 28.6 Å². The zero-order valence-electron chi connectivity index (χ0n) is 16.7. The van der Waals surface area contributed by atoms with Crippen LogP contribution in [0.4, 0.5) is 0 Å². The van der Waals surface area contributed by atoms with Crippen molar-refractivity contribution in [2.24, 2.45) is 28.6 Å². The molecule has 0 aromatic rings. The largest absolute Gasteiger partial charge is 0.393 e. The molecule has 4 rings (SSSR count). The first kappa shape index (κ1) is 19.3. The Morgan fingerprint density at radius 1 is 1.26 bits per heavy atom. The number of carbonyl (C=O) groups excluding carboxylic acids is 2. The van der Waals surface area contributed by atoms with Crippen LogP contribution in [0.15, 0.2) is 11.6 Å². The second-order valence-electron chi connectivity index (χ2n) is 9.83. The zero-order chi connectivity index (χ0) is 19.6. The van der Waals surface area contributed by atoms with Crippen molar-refractivity contribution < 1.29 is 24.5 Å². The van der Waals surface area contributed by atoms with E-state index < -0.39 is 17.1 Å². The number of hydrogen-bond donors (Lipinski definition) is 2. The van der Waals surface area contributed by atoms with Gasteiger partial charge in [-0.1, -0.05) is 19.4 Å². The van der Waals surface area contributed by atoms with Gasteiger partial charge in [0.25, 0.3) is 0 Å². The van der Waals surface area contributed by atoms with Crippen molar-refractivity contribution in [2.75, 3.05) is 13.7 Å². The quantitative estimate of drug-likeness (QED) is 0.790. The van der Waals surface area contributed by atoms with Crippen LogP contribution in [-0.2, 0) is 14.3 Å². The van der Waals surface area contributed by atoms with Gasteiger partial charge in [0.15, 0.2) is 11.6 Å². The van der Waals surface area contributed by atoms with E-state index in [4.69, 9.17) is 4.74 Å². The van der Waals surface area contributed by atoms with Crippen LogP contribution < -0.4 is 0 Å². The summed E-state index contributed by atoms with van der Waals surface area (Å²) in [6.45, 7) is 4.12. The molecule has 4 aliphatic rings. The number of fused-ring (bicyclic) bond motifs is 5. The third-order valence-electron chi connectivity index (χ3n) is 8.79. The maximum Gasteiger partial charge on any atom is 0.190 e. The highest BCUT2D eigenvalue weighted by Gasteiger charge is 2.68. The number of Topliss-reactive ketones (excluding diaryl/α,β-unsaturated/α-hetero) is 1. The number of hydrogen-bond acceptors (Lipinski definition) is 5. The summed E-state index contributed by atoms with van der Waals surface area (Å²) in [7, 11) is 1.47. The highest BCUT2D eigenvalue weighted by atomic mass is 16.5. The molecular formula is C22H32O5. The molecule has 0 spiro atoms. The molecule has 2 N–H and O–H groups in total. The number of methoxy groups -OCH3 is 1. The van der Waals surface area contributed by atoms with E-state index in [0.717, 1.165) is 25.7 Å². The Labute approximate surface area is 161 Å². The maximum absolute atomic E-state index is 12.7. The summed E-state index contributed by atoms with van der Waals surface area (Å²) in [6.07, 6.45) is 6.10. The zero-order valence-corrected chi connectivity index (χ0v) is 16.7. The Hall–Kier alpha value is -1.04. The molecule has 0 bridgehead atoms. The van der Waals surface area contributed by atoms with E-state index >= 15 is 0 Å². The van der Waals surface area contributed by atoms with Gasteiger partial charge >= 0.3 is 0 Å². The third-order valence-corrected chi connectivity index (χ3v) is 8.79. The summed E-state index contributed by atoms with van der Waals surface area (Å²) in [5.41, 5.74) is -0.981. The van der Waals surface area contributed by atoms with Crippen molar-refractivity contribution in [1.82, 2.24) is 0 Å². The molecule has 5 nitrogen and oxygen atoms in total. The third kappa shape index (κ3) is 2.47. The van der Waals surface area contributed by atoms with Crippen molar-refractivity contribution in [3.8, 4) is 0 Å². The Morgan fingerprint density at radius 2 is 2.00 bits per heavy atom. The number of aliphatic hydroxyl groups is 2. The van der Waals surface area contributed by atoms with E-state index in [-0.39, 0.29) is 41.3 Å². The summed E-state index contributed by atoms with van der Waals surface area (Å²) in [5.74, 6) is 0.540. The molecule has 0 amide bonds. The molecule has 0 aromatic carbocycles. The molecule has 0 aliphatic heterocycles. The average Bonchev–Trinajstić information content (AvgIpc) is 2.87. The van der Waals surface area contributed by atoms with Gasteiger partial charge < -0.3 is 14.9 Å². The lowest BCUT2D eigenvalue weighted by atomic mass is 9.45. The minimum Gasteiger partial charge on any atom is -0.393 e. The van der Waals surface area contributed by atoms with Gasteiger partial charge in [0.05, 0.1) is 6.10 Å². The van der Waals surface area contributed by atoms with E-state index in [0.29, 0.717) is 19.3 Å². The molecule has 7 unspecified atom stereocenters. The molecule has 0 saturated heterocycles. The van der Waals surface area contributed by atoms with Gasteiger partial charge in [0.2, 0.25) is 0 Å². The topological polar surface area (TPSA) is 83.8 Å². The van der Waals surface area contributed by atoms with E-state index in [1.165, 1.54) is 12.7 Å². The van der Waals surface area contributed by atoms with Crippen molar-refractivity contribution in [3.05, 3.63) is 11.6 Å². The first-order chi connectivity index (χ1) is 12.7. The predicted molar refractivity (Wildman–Crippen MR) is 99.9 cm³/mol. The van der Waals surface area contributed by atoms with Crippen LogP contribution in [0.2, 0.25) is 0 Å². The van der Waals surface area contributed by atoms with Crippen LogP contribution in [0.5, 0.6) is 0 Å². The van der Waals surface area contributed by atoms with Gasteiger partial charge in [0.1, 0.15) is 12.2 Å². The minimum absolute atomic E-state index is 0.0876.